The maximum absolute atomic E-state index is 5.40. The Morgan fingerprint density at radius 3 is 1.98 bits per heavy atom. The lowest BCUT2D eigenvalue weighted by Crippen LogP contribution is -2.11. The van der Waals surface area contributed by atoms with E-state index in [0.717, 1.165) is 50.8 Å². The third kappa shape index (κ3) is 4.34. The van der Waals surface area contributed by atoms with E-state index in [1.54, 1.807) is 14.2 Å². The zero-order valence-electron chi connectivity index (χ0n) is 23.6. The summed E-state index contributed by atoms with van der Waals surface area (Å²) in [5, 5.41) is 2.44. The minimum atomic E-state index is 0.832. The van der Waals surface area contributed by atoms with Gasteiger partial charge in [-0.15, -0.1) is 0 Å². The van der Waals surface area contributed by atoms with Crippen LogP contribution in [0.5, 0.6) is 11.5 Å². The van der Waals surface area contributed by atoms with E-state index in [1.165, 1.54) is 21.8 Å². The zero-order valence-corrected chi connectivity index (χ0v) is 23.6. The summed E-state index contributed by atoms with van der Waals surface area (Å²) < 4.78 is 13.1. The predicted molar refractivity (Wildman–Crippen MR) is 175 cm³/mol. The second kappa shape index (κ2) is 10.5. The molecule has 42 heavy (non-hydrogen) atoms. The molecule has 1 aliphatic rings. The molecule has 0 aliphatic carbocycles. The summed E-state index contributed by atoms with van der Waals surface area (Å²) >= 11 is 0. The SMILES string of the molecule is C=C1/C=C\C=C/N(c2ccc(OC)cc2)c2ccc(-c3ccc4c(c3)c3ccccc3n4-c3ccc(OC)cc3)cc21. The number of aromatic nitrogens is 1. The molecule has 4 nitrogen and oxygen atoms in total. The quantitative estimate of drug-likeness (QED) is 0.215. The van der Waals surface area contributed by atoms with Gasteiger partial charge in [-0.25, -0.2) is 0 Å². The summed E-state index contributed by atoms with van der Waals surface area (Å²) in [5.74, 6) is 1.68. The molecule has 0 N–H and O–H groups in total. The first-order valence-corrected chi connectivity index (χ1v) is 13.9. The van der Waals surface area contributed by atoms with Crippen molar-refractivity contribution in [1.82, 2.24) is 4.57 Å². The maximum Gasteiger partial charge on any atom is 0.119 e. The molecule has 0 radical (unpaired) electrons. The van der Waals surface area contributed by atoms with Crippen molar-refractivity contribution in [1.29, 1.82) is 0 Å². The number of hydrogen-bond donors (Lipinski definition) is 0. The van der Waals surface area contributed by atoms with Crippen LogP contribution in [0.1, 0.15) is 5.56 Å². The van der Waals surface area contributed by atoms with Gasteiger partial charge in [-0.3, -0.25) is 0 Å². The average molecular weight is 547 g/mol. The second-order valence-corrected chi connectivity index (χ2v) is 10.3. The van der Waals surface area contributed by atoms with Crippen molar-refractivity contribution >= 4 is 38.8 Å². The molecular formula is C38H30N2O2. The van der Waals surface area contributed by atoms with Crippen molar-refractivity contribution in [2.45, 2.75) is 0 Å². The van der Waals surface area contributed by atoms with Crippen LogP contribution >= 0.6 is 0 Å². The van der Waals surface area contributed by atoms with Crippen LogP contribution in [-0.2, 0) is 0 Å². The Morgan fingerprint density at radius 1 is 0.595 bits per heavy atom. The van der Waals surface area contributed by atoms with Gasteiger partial charge in [0, 0.05) is 33.9 Å². The molecule has 2 heterocycles. The van der Waals surface area contributed by atoms with Crippen LogP contribution in [0.2, 0.25) is 0 Å². The smallest absolute Gasteiger partial charge is 0.119 e. The van der Waals surface area contributed by atoms with Crippen molar-refractivity contribution in [2.75, 3.05) is 19.1 Å². The fraction of sp³-hybridized carbons (Fsp3) is 0.0526. The number of anilines is 2. The summed E-state index contributed by atoms with van der Waals surface area (Å²) in [6.07, 6.45) is 8.23. The lowest BCUT2D eigenvalue weighted by atomic mass is 9.95. The highest BCUT2D eigenvalue weighted by molar-refractivity contribution is 6.10. The second-order valence-electron chi connectivity index (χ2n) is 10.3. The molecule has 4 heteroatoms. The highest BCUT2D eigenvalue weighted by atomic mass is 16.5. The molecule has 0 saturated carbocycles. The van der Waals surface area contributed by atoms with Crippen molar-refractivity contribution in [3.05, 3.63) is 146 Å². The summed E-state index contributed by atoms with van der Waals surface area (Å²) in [7, 11) is 3.38. The van der Waals surface area contributed by atoms with Crippen LogP contribution in [-0.4, -0.2) is 18.8 Å². The molecule has 1 aliphatic heterocycles. The van der Waals surface area contributed by atoms with Crippen LogP contribution in [0.3, 0.4) is 0 Å². The van der Waals surface area contributed by atoms with E-state index >= 15 is 0 Å². The van der Waals surface area contributed by atoms with Crippen LogP contribution in [0.25, 0.3) is 44.2 Å². The Kier molecular flexibility index (Phi) is 6.37. The van der Waals surface area contributed by atoms with Crippen LogP contribution in [0, 0.1) is 0 Å². The molecule has 0 saturated heterocycles. The van der Waals surface area contributed by atoms with Crippen molar-refractivity contribution in [3.8, 4) is 28.3 Å². The van der Waals surface area contributed by atoms with Crippen LogP contribution < -0.4 is 14.4 Å². The number of benzene rings is 5. The number of hydrogen-bond acceptors (Lipinski definition) is 3. The standard InChI is InChI=1S/C38H30N2O2/c1-26-8-6-7-23-39(29-13-17-31(41-2)18-14-29)36-21-11-27(24-34(26)36)28-12-22-38-35(25-28)33-9-4-5-10-37(33)40(38)30-15-19-32(42-3)20-16-30/h4-25H,1H2,2-3H3/b8-6-,23-7-. The first-order chi connectivity index (χ1) is 20.6. The van der Waals surface area contributed by atoms with E-state index in [2.05, 4.69) is 113 Å². The zero-order chi connectivity index (χ0) is 28.6. The molecule has 1 aromatic heterocycles. The molecule has 6 aromatic rings. The first-order valence-electron chi connectivity index (χ1n) is 13.9. The summed E-state index contributed by atoms with van der Waals surface area (Å²) in [6, 6.07) is 38.3. The van der Waals surface area contributed by atoms with Gasteiger partial charge in [0.25, 0.3) is 0 Å². The number of fused-ring (bicyclic) bond motifs is 4. The largest absolute Gasteiger partial charge is 0.497 e. The number of nitrogens with zero attached hydrogens (tertiary/aromatic N) is 2. The van der Waals surface area contributed by atoms with E-state index in [1.807, 2.05) is 36.4 Å². The Morgan fingerprint density at radius 2 is 1.24 bits per heavy atom. The molecule has 0 amide bonds. The molecule has 0 fully saturated rings. The van der Waals surface area contributed by atoms with Gasteiger partial charge in [-0.05, 0) is 102 Å². The van der Waals surface area contributed by atoms with E-state index < -0.39 is 0 Å². The Balaban J connectivity index is 1.35. The van der Waals surface area contributed by atoms with Crippen LogP contribution in [0.4, 0.5) is 11.4 Å². The number of para-hydroxylation sites is 1. The summed E-state index contributed by atoms with van der Waals surface area (Å²) in [6.45, 7) is 4.41. The van der Waals surface area contributed by atoms with Gasteiger partial charge >= 0.3 is 0 Å². The molecule has 7 rings (SSSR count). The van der Waals surface area contributed by atoms with Gasteiger partial charge in [0.05, 0.1) is 30.9 Å². The van der Waals surface area contributed by atoms with Gasteiger partial charge < -0.3 is 18.9 Å². The molecular weight excluding hydrogens is 516 g/mol. The lowest BCUT2D eigenvalue weighted by Gasteiger charge is -2.26. The maximum atomic E-state index is 5.40. The van der Waals surface area contributed by atoms with Gasteiger partial charge in [-0.1, -0.05) is 49.1 Å². The van der Waals surface area contributed by atoms with E-state index in [9.17, 15) is 0 Å². The topological polar surface area (TPSA) is 26.6 Å². The highest BCUT2D eigenvalue weighted by Gasteiger charge is 2.17. The summed E-state index contributed by atoms with van der Waals surface area (Å²) in [5.41, 5.74) is 9.93. The number of methoxy groups -OCH3 is 2. The fourth-order valence-electron chi connectivity index (χ4n) is 5.79. The van der Waals surface area contributed by atoms with Gasteiger partial charge in [0.2, 0.25) is 0 Å². The van der Waals surface area contributed by atoms with E-state index in [-0.39, 0.29) is 0 Å². The molecule has 0 bridgehead atoms. The molecule has 0 unspecified atom stereocenters. The van der Waals surface area contributed by atoms with E-state index in [0.29, 0.717) is 0 Å². The number of ether oxygens (including phenoxy) is 2. The lowest BCUT2D eigenvalue weighted by molar-refractivity contribution is 0.414. The van der Waals surface area contributed by atoms with Crippen molar-refractivity contribution in [2.24, 2.45) is 0 Å². The minimum absolute atomic E-state index is 0.832. The normalized spacial score (nSPS) is 14.3. The number of rotatable bonds is 5. The van der Waals surface area contributed by atoms with Crippen molar-refractivity contribution < 1.29 is 9.47 Å². The number of allylic oxidation sites excluding steroid dienone is 4. The third-order valence-electron chi connectivity index (χ3n) is 7.93. The fourth-order valence-corrected chi connectivity index (χ4v) is 5.79. The first kappa shape index (κ1) is 25.5. The van der Waals surface area contributed by atoms with Gasteiger partial charge in [0.1, 0.15) is 11.5 Å². The average Bonchev–Trinajstić information content (AvgIpc) is 3.37. The van der Waals surface area contributed by atoms with E-state index in [4.69, 9.17) is 9.47 Å². The predicted octanol–water partition coefficient (Wildman–Crippen LogP) is 9.70. The van der Waals surface area contributed by atoms with Gasteiger partial charge in [-0.2, -0.15) is 0 Å². The Hall–Kier alpha value is -5.48. The molecule has 5 aromatic carbocycles. The minimum Gasteiger partial charge on any atom is -0.497 e. The van der Waals surface area contributed by atoms with Crippen molar-refractivity contribution in [3.63, 3.8) is 0 Å². The Labute approximate surface area is 245 Å². The summed E-state index contributed by atoms with van der Waals surface area (Å²) in [4.78, 5) is 2.19. The third-order valence-corrected chi connectivity index (χ3v) is 7.93. The van der Waals surface area contributed by atoms with Gasteiger partial charge in [0.15, 0.2) is 0 Å². The highest BCUT2D eigenvalue weighted by Crippen LogP contribution is 2.39. The monoisotopic (exact) mass is 546 g/mol. The molecule has 0 atom stereocenters. The Bertz CT molecular complexity index is 2010. The molecule has 0 spiro atoms. The van der Waals surface area contributed by atoms with Crippen LogP contribution in [0.15, 0.2) is 140 Å². The molecule has 204 valence electrons.